The minimum Gasteiger partial charge on any atom is -0.370 e. The van der Waals surface area contributed by atoms with E-state index in [1.165, 1.54) is 5.56 Å². The van der Waals surface area contributed by atoms with Crippen LogP contribution in [0.5, 0.6) is 0 Å². The molecule has 0 fully saturated rings. The van der Waals surface area contributed by atoms with Crippen LogP contribution in [0.1, 0.15) is 18.1 Å². The third-order valence-corrected chi connectivity index (χ3v) is 3.33. The van der Waals surface area contributed by atoms with Gasteiger partial charge in [0.05, 0.1) is 0 Å². The van der Waals surface area contributed by atoms with Crippen molar-refractivity contribution in [2.24, 2.45) is 10.7 Å². The van der Waals surface area contributed by atoms with Crippen LogP contribution in [0.25, 0.3) is 0 Å². The number of aryl methyl sites for hydroxylation is 1. The Bertz CT molecular complexity index is 697. The van der Waals surface area contributed by atoms with Gasteiger partial charge in [0.2, 0.25) is 0 Å². The Balaban J connectivity index is 0.00000288. The Hall–Kier alpha value is -1.77. The molecular weight excluding hydrogens is 430 g/mol. The molecule has 24 heavy (non-hydrogen) atoms. The van der Waals surface area contributed by atoms with Gasteiger partial charge in [-0.05, 0) is 48.2 Å². The van der Waals surface area contributed by atoms with Crippen molar-refractivity contribution in [3.63, 3.8) is 0 Å². The van der Waals surface area contributed by atoms with Crippen molar-refractivity contribution in [1.82, 2.24) is 0 Å². The minimum atomic E-state index is -1.46. The van der Waals surface area contributed by atoms with Gasteiger partial charge in [-0.15, -0.1) is 24.0 Å². The largest absolute Gasteiger partial charge is 0.370 e. The Kier molecular flexibility index (Phi) is 8.03. The molecule has 0 bridgehead atoms. The van der Waals surface area contributed by atoms with Gasteiger partial charge in [0.15, 0.2) is 23.4 Å². The summed E-state index contributed by atoms with van der Waals surface area (Å²) in [4.78, 5) is 4.10. The molecule has 2 aromatic carbocycles. The number of halogens is 4. The smallest absolute Gasteiger partial charge is 0.194 e. The van der Waals surface area contributed by atoms with E-state index in [2.05, 4.69) is 17.2 Å². The average Bonchev–Trinajstić information content (AvgIpc) is 2.52. The van der Waals surface area contributed by atoms with Gasteiger partial charge >= 0.3 is 0 Å². The van der Waals surface area contributed by atoms with Crippen molar-refractivity contribution in [1.29, 1.82) is 0 Å². The molecule has 0 saturated heterocycles. The fraction of sp³-hybridized carbons (Fsp3) is 0.235. The van der Waals surface area contributed by atoms with Crippen LogP contribution in [0.15, 0.2) is 41.4 Å². The lowest BCUT2D eigenvalue weighted by Gasteiger charge is -2.07. The zero-order valence-electron chi connectivity index (χ0n) is 13.2. The number of guanidine groups is 1. The van der Waals surface area contributed by atoms with E-state index < -0.39 is 17.5 Å². The van der Waals surface area contributed by atoms with E-state index >= 15 is 0 Å². The first-order valence-electron chi connectivity index (χ1n) is 7.29. The maximum Gasteiger partial charge on any atom is 0.194 e. The van der Waals surface area contributed by atoms with Crippen molar-refractivity contribution in [2.45, 2.75) is 19.8 Å². The fourth-order valence-corrected chi connectivity index (χ4v) is 2.11. The molecule has 0 aliphatic carbocycles. The molecule has 0 heterocycles. The highest BCUT2D eigenvalue weighted by molar-refractivity contribution is 14.0. The molecule has 2 rings (SSSR count). The maximum absolute atomic E-state index is 13.1. The highest BCUT2D eigenvalue weighted by Crippen LogP contribution is 2.14. The van der Waals surface area contributed by atoms with Crippen molar-refractivity contribution in [2.75, 3.05) is 11.9 Å². The normalized spacial score (nSPS) is 11.1. The minimum absolute atomic E-state index is 0. The van der Waals surface area contributed by atoms with Crippen LogP contribution in [-0.2, 0) is 12.8 Å². The number of hydrogen-bond donors (Lipinski definition) is 2. The highest BCUT2D eigenvalue weighted by atomic mass is 127. The molecule has 0 spiro atoms. The number of aliphatic imine (C=N–C) groups is 1. The second-order valence-electron chi connectivity index (χ2n) is 5.07. The van der Waals surface area contributed by atoms with E-state index in [4.69, 9.17) is 5.73 Å². The number of hydrogen-bond acceptors (Lipinski definition) is 1. The first kappa shape index (κ1) is 20.3. The summed E-state index contributed by atoms with van der Waals surface area (Å²) in [5.74, 6) is -3.66. The molecule has 0 unspecified atom stereocenters. The predicted octanol–water partition coefficient (Wildman–Crippen LogP) is 4.25. The quantitative estimate of drug-likeness (QED) is 0.311. The molecule has 0 aromatic heterocycles. The standard InChI is InChI=1S/C17H18F3N3.HI/c1-2-11-4-3-5-13(8-11)23-17(21)22-7-6-12-9-14(18)16(20)15(19)10-12;/h3-5,8-10H,2,6-7H2,1H3,(H3,21,22,23);1H. The van der Waals surface area contributed by atoms with E-state index in [-0.39, 0.29) is 42.9 Å². The molecule has 2 aromatic rings. The number of nitrogens with one attached hydrogen (secondary N) is 1. The molecule has 0 aliphatic heterocycles. The SMILES string of the molecule is CCc1cccc(NC(N)=NCCc2cc(F)c(F)c(F)c2)c1.I. The fourth-order valence-electron chi connectivity index (χ4n) is 2.11. The lowest BCUT2D eigenvalue weighted by atomic mass is 10.1. The van der Waals surface area contributed by atoms with Crippen LogP contribution in [0.3, 0.4) is 0 Å². The van der Waals surface area contributed by atoms with E-state index in [9.17, 15) is 13.2 Å². The topological polar surface area (TPSA) is 50.4 Å². The van der Waals surface area contributed by atoms with Gasteiger partial charge in [-0.25, -0.2) is 13.2 Å². The van der Waals surface area contributed by atoms with Gasteiger partial charge < -0.3 is 11.1 Å². The summed E-state index contributed by atoms with van der Waals surface area (Å²) in [6.45, 7) is 2.29. The van der Waals surface area contributed by atoms with Crippen molar-refractivity contribution < 1.29 is 13.2 Å². The second kappa shape index (κ2) is 9.51. The zero-order chi connectivity index (χ0) is 16.8. The van der Waals surface area contributed by atoms with Gasteiger partial charge in [-0.1, -0.05) is 19.1 Å². The molecular formula is C17H19F3IN3. The number of nitrogens with two attached hydrogens (primary N) is 1. The third-order valence-electron chi connectivity index (χ3n) is 3.33. The Labute approximate surface area is 156 Å². The monoisotopic (exact) mass is 449 g/mol. The molecule has 0 amide bonds. The molecule has 0 atom stereocenters. The van der Waals surface area contributed by atoms with E-state index in [1.807, 2.05) is 24.3 Å². The van der Waals surface area contributed by atoms with Crippen LogP contribution in [0.4, 0.5) is 18.9 Å². The summed E-state index contributed by atoms with van der Waals surface area (Å²) in [5, 5.41) is 2.95. The lowest BCUT2D eigenvalue weighted by molar-refractivity contribution is 0.445. The summed E-state index contributed by atoms with van der Waals surface area (Å²) < 4.78 is 39.1. The van der Waals surface area contributed by atoms with Crippen molar-refractivity contribution in [3.05, 3.63) is 65.0 Å². The maximum atomic E-state index is 13.1. The van der Waals surface area contributed by atoms with Crippen LogP contribution in [0, 0.1) is 17.5 Å². The Morgan fingerprint density at radius 3 is 2.38 bits per heavy atom. The number of benzene rings is 2. The lowest BCUT2D eigenvalue weighted by Crippen LogP contribution is -2.23. The predicted molar refractivity (Wildman–Crippen MR) is 101 cm³/mol. The number of anilines is 1. The summed E-state index contributed by atoms with van der Waals surface area (Å²) in [6.07, 6.45) is 1.17. The molecule has 0 aliphatic rings. The summed E-state index contributed by atoms with van der Waals surface area (Å²) >= 11 is 0. The van der Waals surface area contributed by atoms with E-state index in [0.717, 1.165) is 24.2 Å². The summed E-state index contributed by atoms with van der Waals surface area (Å²) in [6, 6.07) is 9.68. The average molecular weight is 449 g/mol. The Morgan fingerprint density at radius 2 is 1.75 bits per heavy atom. The van der Waals surface area contributed by atoms with Crippen LogP contribution in [-0.4, -0.2) is 12.5 Å². The van der Waals surface area contributed by atoms with Crippen molar-refractivity contribution >= 4 is 35.6 Å². The Morgan fingerprint density at radius 1 is 1.08 bits per heavy atom. The number of nitrogens with zero attached hydrogens (tertiary/aromatic N) is 1. The van der Waals surface area contributed by atoms with Gasteiger partial charge in [-0.3, -0.25) is 4.99 Å². The molecule has 0 radical (unpaired) electrons. The van der Waals surface area contributed by atoms with Gasteiger partial charge in [0, 0.05) is 12.2 Å². The van der Waals surface area contributed by atoms with Gasteiger partial charge in [0.1, 0.15) is 0 Å². The van der Waals surface area contributed by atoms with Crippen LogP contribution < -0.4 is 11.1 Å². The molecule has 0 saturated carbocycles. The zero-order valence-corrected chi connectivity index (χ0v) is 15.5. The summed E-state index contributed by atoms with van der Waals surface area (Å²) in [5.41, 5.74) is 8.09. The van der Waals surface area contributed by atoms with E-state index in [1.54, 1.807) is 0 Å². The van der Waals surface area contributed by atoms with Gasteiger partial charge in [-0.2, -0.15) is 0 Å². The molecule has 130 valence electrons. The van der Waals surface area contributed by atoms with Crippen LogP contribution in [0.2, 0.25) is 0 Å². The van der Waals surface area contributed by atoms with E-state index in [0.29, 0.717) is 5.56 Å². The summed E-state index contributed by atoms with van der Waals surface area (Å²) in [7, 11) is 0. The molecule has 3 nitrogen and oxygen atoms in total. The number of rotatable bonds is 5. The first-order valence-corrected chi connectivity index (χ1v) is 7.29. The van der Waals surface area contributed by atoms with Crippen LogP contribution >= 0.6 is 24.0 Å². The third kappa shape index (κ3) is 5.70. The molecule has 7 heteroatoms. The van der Waals surface area contributed by atoms with Gasteiger partial charge in [0.25, 0.3) is 0 Å². The second-order valence-corrected chi connectivity index (χ2v) is 5.07. The molecule has 3 N–H and O–H groups in total. The van der Waals surface area contributed by atoms with Crippen molar-refractivity contribution in [3.8, 4) is 0 Å². The highest BCUT2D eigenvalue weighted by Gasteiger charge is 2.10. The first-order chi connectivity index (χ1) is 11.0.